The number of halogens is 2. The number of hydrogen-bond acceptors (Lipinski definition) is 4. The summed E-state index contributed by atoms with van der Waals surface area (Å²) in [6.45, 7) is 0. The second-order valence-corrected chi connectivity index (χ2v) is 2.57. The van der Waals surface area contributed by atoms with E-state index < -0.39 is 29.2 Å². The Hall–Kier alpha value is -2.23. The number of nitrogens with zero attached hydrogens (tertiary/aromatic N) is 2. The van der Waals surface area contributed by atoms with Crippen molar-refractivity contribution in [2.75, 3.05) is 5.73 Å². The number of carbonyl (C=O) groups is 1. The largest absolute Gasteiger partial charge is 0.478 e. The smallest absolute Gasteiger partial charge is 0.337 e. The average molecular weight is 213 g/mol. The van der Waals surface area contributed by atoms with Gasteiger partial charge in [-0.15, -0.1) is 0 Å². The fourth-order valence-corrected chi connectivity index (χ4v) is 1.03. The lowest BCUT2D eigenvalue weighted by Gasteiger charge is -2.05. The van der Waals surface area contributed by atoms with Crippen molar-refractivity contribution in [3.05, 3.63) is 22.9 Å². The minimum absolute atomic E-state index is 0.360. The van der Waals surface area contributed by atoms with Gasteiger partial charge < -0.3 is 10.8 Å². The van der Waals surface area contributed by atoms with Crippen molar-refractivity contribution in [3.8, 4) is 6.07 Å². The molecule has 0 amide bonds. The first-order valence-corrected chi connectivity index (χ1v) is 3.69. The molecule has 78 valence electrons. The molecule has 0 fully saturated rings. The maximum Gasteiger partial charge on any atom is 0.337 e. The molecule has 3 N–H and O–H groups in total. The summed E-state index contributed by atoms with van der Waals surface area (Å²) in [5, 5.41) is 17.2. The highest BCUT2D eigenvalue weighted by Crippen LogP contribution is 2.24. The number of aromatic nitrogens is 1. The number of anilines is 1. The molecule has 0 aliphatic rings. The topological polar surface area (TPSA) is 100 Å². The van der Waals surface area contributed by atoms with Crippen molar-refractivity contribution >= 4 is 11.8 Å². The zero-order valence-corrected chi connectivity index (χ0v) is 7.24. The molecule has 0 aliphatic heterocycles. The fourth-order valence-electron chi connectivity index (χ4n) is 1.03. The summed E-state index contributed by atoms with van der Waals surface area (Å²) in [5.41, 5.74) is 3.00. The highest BCUT2D eigenvalue weighted by Gasteiger charge is 2.22. The van der Waals surface area contributed by atoms with E-state index in [2.05, 4.69) is 4.98 Å². The average Bonchev–Trinajstić information content (AvgIpc) is 2.16. The lowest BCUT2D eigenvalue weighted by atomic mass is 10.1. The maximum atomic E-state index is 12.4. The Labute approximate surface area is 82.8 Å². The van der Waals surface area contributed by atoms with Crippen LogP contribution in [-0.4, -0.2) is 16.1 Å². The third kappa shape index (κ3) is 1.99. The predicted octanol–water partition coefficient (Wildman–Crippen LogP) is 1.17. The van der Waals surface area contributed by atoms with Crippen LogP contribution in [0.5, 0.6) is 0 Å². The lowest BCUT2D eigenvalue weighted by molar-refractivity contribution is 0.0695. The molecule has 1 aromatic heterocycles. The molecular weight excluding hydrogens is 208 g/mol. The number of pyridine rings is 1. The number of carboxylic acids is 1. The van der Waals surface area contributed by atoms with E-state index in [1.165, 1.54) is 6.07 Å². The number of rotatable bonds is 2. The van der Waals surface area contributed by atoms with Gasteiger partial charge in [-0.05, 0) is 6.07 Å². The predicted molar refractivity (Wildman–Crippen MR) is 45.3 cm³/mol. The van der Waals surface area contributed by atoms with Crippen molar-refractivity contribution < 1.29 is 18.7 Å². The molecular formula is C8H5F2N3O2. The van der Waals surface area contributed by atoms with Gasteiger partial charge in [0.15, 0.2) is 0 Å². The Morgan fingerprint density at radius 1 is 1.67 bits per heavy atom. The van der Waals surface area contributed by atoms with Gasteiger partial charge in [-0.1, -0.05) is 0 Å². The van der Waals surface area contributed by atoms with Gasteiger partial charge >= 0.3 is 5.97 Å². The molecule has 0 unspecified atom stereocenters. The van der Waals surface area contributed by atoms with E-state index in [0.717, 1.165) is 6.07 Å². The molecule has 0 aliphatic carbocycles. The van der Waals surface area contributed by atoms with Gasteiger partial charge in [-0.2, -0.15) is 5.26 Å². The summed E-state index contributed by atoms with van der Waals surface area (Å²) in [7, 11) is 0. The van der Waals surface area contributed by atoms with E-state index in [4.69, 9.17) is 16.1 Å². The molecule has 1 rings (SSSR count). The molecule has 1 heterocycles. The van der Waals surface area contributed by atoms with E-state index in [-0.39, 0.29) is 5.82 Å². The van der Waals surface area contributed by atoms with Crippen molar-refractivity contribution in [2.45, 2.75) is 6.43 Å². The molecule has 0 bridgehead atoms. The molecule has 0 aromatic carbocycles. The second kappa shape index (κ2) is 3.88. The van der Waals surface area contributed by atoms with Gasteiger partial charge in [-0.25, -0.2) is 18.6 Å². The fraction of sp³-hybridized carbons (Fsp3) is 0.125. The monoisotopic (exact) mass is 213 g/mol. The summed E-state index contributed by atoms with van der Waals surface area (Å²) in [6, 6.07) is 2.24. The van der Waals surface area contributed by atoms with Crippen LogP contribution in [-0.2, 0) is 0 Å². The van der Waals surface area contributed by atoms with E-state index in [9.17, 15) is 13.6 Å². The summed E-state index contributed by atoms with van der Waals surface area (Å²) < 4.78 is 24.8. The van der Waals surface area contributed by atoms with Crippen LogP contribution in [0.4, 0.5) is 14.6 Å². The number of hydrogen-bond donors (Lipinski definition) is 2. The number of nitriles is 1. The van der Waals surface area contributed by atoms with Crippen molar-refractivity contribution in [1.29, 1.82) is 5.26 Å². The summed E-state index contributed by atoms with van der Waals surface area (Å²) in [5.74, 6) is -1.86. The summed E-state index contributed by atoms with van der Waals surface area (Å²) >= 11 is 0. The van der Waals surface area contributed by atoms with Crippen LogP contribution in [0.3, 0.4) is 0 Å². The molecule has 0 saturated carbocycles. The Balaban J connectivity index is 3.54. The number of alkyl halides is 2. The first-order valence-electron chi connectivity index (χ1n) is 3.69. The number of nitrogens with two attached hydrogens (primary N) is 1. The SMILES string of the molecule is N#Cc1c(C(=O)O)cc(N)nc1C(F)F. The van der Waals surface area contributed by atoms with Crippen LogP contribution in [0.15, 0.2) is 6.07 Å². The second-order valence-electron chi connectivity index (χ2n) is 2.57. The molecule has 0 atom stereocenters. The van der Waals surface area contributed by atoms with Crippen LogP contribution >= 0.6 is 0 Å². The highest BCUT2D eigenvalue weighted by atomic mass is 19.3. The van der Waals surface area contributed by atoms with Crippen LogP contribution in [0.25, 0.3) is 0 Å². The zero-order valence-electron chi connectivity index (χ0n) is 7.24. The summed E-state index contributed by atoms with van der Waals surface area (Å²) in [4.78, 5) is 13.9. The number of aromatic carboxylic acids is 1. The third-order valence-corrected chi connectivity index (χ3v) is 1.62. The van der Waals surface area contributed by atoms with E-state index in [0.29, 0.717) is 0 Å². The van der Waals surface area contributed by atoms with E-state index in [1.54, 1.807) is 0 Å². The van der Waals surface area contributed by atoms with Gasteiger partial charge in [0.25, 0.3) is 6.43 Å². The van der Waals surface area contributed by atoms with Crippen LogP contribution in [0.1, 0.15) is 28.0 Å². The van der Waals surface area contributed by atoms with Crippen LogP contribution in [0.2, 0.25) is 0 Å². The van der Waals surface area contributed by atoms with Crippen LogP contribution < -0.4 is 5.73 Å². The molecule has 5 nitrogen and oxygen atoms in total. The van der Waals surface area contributed by atoms with Crippen molar-refractivity contribution in [2.24, 2.45) is 0 Å². The zero-order chi connectivity index (χ0) is 11.6. The lowest BCUT2D eigenvalue weighted by Crippen LogP contribution is -2.08. The minimum Gasteiger partial charge on any atom is -0.478 e. The summed E-state index contributed by atoms with van der Waals surface area (Å²) in [6.07, 6.45) is -3.04. The number of nitrogen functional groups attached to an aromatic ring is 1. The normalized spacial score (nSPS) is 10.0. The van der Waals surface area contributed by atoms with Gasteiger partial charge in [0.05, 0.1) is 11.1 Å². The molecule has 1 aromatic rings. The molecule has 7 heteroatoms. The molecule has 0 spiro atoms. The van der Waals surface area contributed by atoms with Gasteiger partial charge in [0.2, 0.25) is 0 Å². The molecule has 0 radical (unpaired) electrons. The Morgan fingerprint density at radius 2 is 2.27 bits per heavy atom. The minimum atomic E-state index is -3.04. The van der Waals surface area contributed by atoms with Gasteiger partial charge in [-0.3, -0.25) is 0 Å². The first kappa shape index (κ1) is 10.8. The van der Waals surface area contributed by atoms with Crippen LogP contribution in [0, 0.1) is 11.3 Å². The Bertz CT molecular complexity index is 454. The van der Waals surface area contributed by atoms with Gasteiger partial charge in [0, 0.05) is 0 Å². The quantitative estimate of drug-likeness (QED) is 0.767. The molecule has 15 heavy (non-hydrogen) atoms. The standard InChI is InChI=1S/C8H5F2N3O2/c9-7(10)6-4(2-11)3(8(14)15)1-5(12)13-6/h1,7H,(H2,12,13)(H,14,15). The van der Waals surface area contributed by atoms with E-state index >= 15 is 0 Å². The number of carboxylic acid groups (broad SMARTS) is 1. The third-order valence-electron chi connectivity index (χ3n) is 1.62. The maximum absolute atomic E-state index is 12.4. The van der Waals surface area contributed by atoms with E-state index in [1.807, 2.05) is 0 Å². The van der Waals surface area contributed by atoms with Crippen molar-refractivity contribution in [3.63, 3.8) is 0 Å². The Morgan fingerprint density at radius 3 is 2.67 bits per heavy atom. The highest BCUT2D eigenvalue weighted by molar-refractivity contribution is 5.91. The molecule has 0 saturated heterocycles. The van der Waals surface area contributed by atoms with Gasteiger partial charge in [0.1, 0.15) is 17.6 Å². The Kier molecular flexibility index (Phi) is 2.80. The first-order chi connectivity index (χ1) is 6.97. The van der Waals surface area contributed by atoms with Crippen molar-refractivity contribution in [1.82, 2.24) is 4.98 Å².